The smallest absolute Gasteiger partial charge is 0.317 e. The number of amides is 3. The van der Waals surface area contributed by atoms with E-state index in [1.54, 1.807) is 11.9 Å². The Morgan fingerprint density at radius 3 is 2.70 bits per heavy atom. The molecule has 0 radical (unpaired) electrons. The maximum atomic E-state index is 12.2. The van der Waals surface area contributed by atoms with Crippen LogP contribution in [0.1, 0.15) is 37.8 Å². The standard InChI is InChI=1S/C17H24ClN3O2/c1-13(14-6-8-15(18)9-7-14)19-17(23)20(2)11-12-21-10-4-3-5-16(21)22/h6-9,13H,3-5,10-12H2,1-2H3,(H,19,23)/t13-/m1/s1. The number of rotatable bonds is 5. The van der Waals surface area contributed by atoms with Crippen LogP contribution >= 0.6 is 11.6 Å². The number of benzene rings is 1. The molecular formula is C17H24ClN3O2. The molecule has 0 bridgehead atoms. The molecule has 0 aromatic heterocycles. The number of hydrogen-bond donors (Lipinski definition) is 1. The molecule has 23 heavy (non-hydrogen) atoms. The number of nitrogens with zero attached hydrogens (tertiary/aromatic N) is 2. The van der Waals surface area contributed by atoms with E-state index in [0.29, 0.717) is 24.5 Å². The van der Waals surface area contributed by atoms with Crippen molar-refractivity contribution in [3.8, 4) is 0 Å². The molecule has 1 atom stereocenters. The molecule has 126 valence electrons. The van der Waals surface area contributed by atoms with Gasteiger partial charge in [-0.2, -0.15) is 0 Å². The topological polar surface area (TPSA) is 52.7 Å². The summed E-state index contributed by atoms with van der Waals surface area (Å²) >= 11 is 5.87. The van der Waals surface area contributed by atoms with Crippen molar-refractivity contribution in [1.82, 2.24) is 15.1 Å². The molecule has 6 heteroatoms. The number of urea groups is 1. The van der Waals surface area contributed by atoms with Crippen molar-refractivity contribution >= 4 is 23.5 Å². The van der Waals surface area contributed by atoms with E-state index in [1.807, 2.05) is 36.1 Å². The highest BCUT2D eigenvalue weighted by molar-refractivity contribution is 6.30. The van der Waals surface area contributed by atoms with Gasteiger partial charge in [-0.15, -0.1) is 0 Å². The van der Waals surface area contributed by atoms with Gasteiger partial charge in [0.1, 0.15) is 0 Å². The Morgan fingerprint density at radius 2 is 2.04 bits per heavy atom. The Kier molecular flexibility index (Phi) is 6.28. The van der Waals surface area contributed by atoms with Crippen LogP contribution in [0.15, 0.2) is 24.3 Å². The third kappa shape index (κ3) is 5.13. The zero-order valence-corrected chi connectivity index (χ0v) is 14.5. The first-order valence-electron chi connectivity index (χ1n) is 8.02. The number of likely N-dealkylation sites (tertiary alicyclic amines) is 1. The van der Waals surface area contributed by atoms with E-state index in [1.165, 1.54) is 0 Å². The summed E-state index contributed by atoms with van der Waals surface area (Å²) in [5.74, 6) is 0.194. The monoisotopic (exact) mass is 337 g/mol. The van der Waals surface area contributed by atoms with Gasteiger partial charge in [0.25, 0.3) is 0 Å². The largest absolute Gasteiger partial charge is 0.341 e. The van der Waals surface area contributed by atoms with Crippen LogP contribution in [0.25, 0.3) is 0 Å². The Bertz CT molecular complexity index is 547. The van der Waals surface area contributed by atoms with Gasteiger partial charge in [-0.1, -0.05) is 23.7 Å². The van der Waals surface area contributed by atoms with E-state index >= 15 is 0 Å². The molecule has 1 N–H and O–H groups in total. The zero-order chi connectivity index (χ0) is 16.8. The minimum Gasteiger partial charge on any atom is -0.341 e. The van der Waals surface area contributed by atoms with Crippen LogP contribution < -0.4 is 5.32 Å². The maximum Gasteiger partial charge on any atom is 0.317 e. The first kappa shape index (κ1) is 17.6. The Morgan fingerprint density at radius 1 is 1.35 bits per heavy atom. The molecule has 1 saturated heterocycles. The highest BCUT2D eigenvalue weighted by atomic mass is 35.5. The summed E-state index contributed by atoms with van der Waals surface area (Å²) < 4.78 is 0. The Labute approximate surface area is 142 Å². The van der Waals surface area contributed by atoms with Crippen molar-refractivity contribution in [2.24, 2.45) is 0 Å². The summed E-state index contributed by atoms with van der Waals surface area (Å²) in [5.41, 5.74) is 1.00. The molecule has 1 heterocycles. The lowest BCUT2D eigenvalue weighted by Crippen LogP contribution is -2.44. The molecule has 0 spiro atoms. The predicted octanol–water partition coefficient (Wildman–Crippen LogP) is 3.05. The molecule has 1 aliphatic heterocycles. The molecule has 0 saturated carbocycles. The van der Waals surface area contributed by atoms with Gasteiger partial charge in [0.2, 0.25) is 5.91 Å². The average Bonchev–Trinajstić information content (AvgIpc) is 2.54. The fourth-order valence-corrected chi connectivity index (χ4v) is 2.73. The minimum atomic E-state index is -0.142. The highest BCUT2D eigenvalue weighted by Crippen LogP contribution is 2.16. The lowest BCUT2D eigenvalue weighted by Gasteiger charge is -2.29. The van der Waals surface area contributed by atoms with Gasteiger partial charge in [-0.25, -0.2) is 4.79 Å². The van der Waals surface area contributed by atoms with E-state index in [-0.39, 0.29) is 18.0 Å². The van der Waals surface area contributed by atoms with Crippen LogP contribution in [0, 0.1) is 0 Å². The number of hydrogen-bond acceptors (Lipinski definition) is 2. The van der Waals surface area contributed by atoms with Crippen LogP contribution in [0.2, 0.25) is 5.02 Å². The van der Waals surface area contributed by atoms with E-state index in [0.717, 1.165) is 24.9 Å². The summed E-state index contributed by atoms with van der Waals surface area (Å²) in [7, 11) is 1.75. The van der Waals surface area contributed by atoms with Crippen LogP contribution in [0.3, 0.4) is 0 Å². The normalized spacial score (nSPS) is 16.1. The molecule has 2 rings (SSSR count). The van der Waals surface area contributed by atoms with Crippen LogP contribution in [0.5, 0.6) is 0 Å². The van der Waals surface area contributed by atoms with Crippen LogP contribution in [-0.4, -0.2) is 48.4 Å². The van der Waals surface area contributed by atoms with Gasteiger partial charge in [-0.3, -0.25) is 4.79 Å². The van der Waals surface area contributed by atoms with Gasteiger partial charge < -0.3 is 15.1 Å². The van der Waals surface area contributed by atoms with Crippen molar-refractivity contribution in [2.45, 2.75) is 32.2 Å². The number of carbonyl (C=O) groups is 2. The molecule has 1 aliphatic rings. The van der Waals surface area contributed by atoms with Gasteiger partial charge in [0.05, 0.1) is 6.04 Å². The molecule has 0 aliphatic carbocycles. The minimum absolute atomic E-state index is 0.0983. The predicted molar refractivity (Wildman–Crippen MR) is 91.5 cm³/mol. The molecule has 1 aromatic carbocycles. The lowest BCUT2D eigenvalue weighted by molar-refractivity contribution is -0.133. The average molecular weight is 338 g/mol. The van der Waals surface area contributed by atoms with Crippen molar-refractivity contribution in [3.05, 3.63) is 34.9 Å². The van der Waals surface area contributed by atoms with Crippen molar-refractivity contribution in [1.29, 1.82) is 0 Å². The van der Waals surface area contributed by atoms with Crippen molar-refractivity contribution < 1.29 is 9.59 Å². The van der Waals surface area contributed by atoms with E-state index < -0.39 is 0 Å². The maximum absolute atomic E-state index is 12.2. The molecule has 3 amide bonds. The lowest BCUT2D eigenvalue weighted by atomic mass is 10.1. The third-order valence-corrected chi connectivity index (χ3v) is 4.44. The number of halogens is 1. The summed E-state index contributed by atoms with van der Waals surface area (Å²) in [5, 5.41) is 3.63. The second kappa shape index (κ2) is 8.20. The fourth-order valence-electron chi connectivity index (χ4n) is 2.60. The summed E-state index contributed by atoms with van der Waals surface area (Å²) in [6.45, 7) is 3.86. The van der Waals surface area contributed by atoms with Gasteiger partial charge in [-0.05, 0) is 37.5 Å². The third-order valence-electron chi connectivity index (χ3n) is 4.18. The quantitative estimate of drug-likeness (QED) is 0.897. The molecular weight excluding hydrogens is 314 g/mol. The second-order valence-corrected chi connectivity index (χ2v) is 6.42. The SMILES string of the molecule is C[C@@H](NC(=O)N(C)CCN1CCCCC1=O)c1ccc(Cl)cc1. The number of nitrogens with one attached hydrogen (secondary N) is 1. The van der Waals surface area contributed by atoms with Crippen molar-refractivity contribution in [3.63, 3.8) is 0 Å². The number of likely N-dealkylation sites (N-methyl/N-ethyl adjacent to an activating group) is 1. The van der Waals surface area contributed by atoms with Gasteiger partial charge in [0, 0.05) is 38.1 Å². The van der Waals surface area contributed by atoms with Crippen LogP contribution in [-0.2, 0) is 4.79 Å². The number of carbonyl (C=O) groups excluding carboxylic acids is 2. The van der Waals surface area contributed by atoms with Crippen LogP contribution in [0.4, 0.5) is 4.79 Å². The summed E-state index contributed by atoms with van der Waals surface area (Å²) in [6, 6.07) is 7.19. The summed E-state index contributed by atoms with van der Waals surface area (Å²) in [6.07, 6.45) is 2.66. The number of piperidine rings is 1. The molecule has 5 nitrogen and oxygen atoms in total. The second-order valence-electron chi connectivity index (χ2n) is 5.98. The van der Waals surface area contributed by atoms with E-state index in [9.17, 15) is 9.59 Å². The molecule has 1 fully saturated rings. The Hall–Kier alpha value is -1.75. The fraction of sp³-hybridized carbons (Fsp3) is 0.529. The van der Waals surface area contributed by atoms with Gasteiger partial charge >= 0.3 is 6.03 Å². The first-order chi connectivity index (χ1) is 11.0. The molecule has 0 unspecified atom stereocenters. The summed E-state index contributed by atoms with van der Waals surface area (Å²) in [4.78, 5) is 27.5. The van der Waals surface area contributed by atoms with Crippen molar-refractivity contribution in [2.75, 3.05) is 26.7 Å². The highest BCUT2D eigenvalue weighted by Gasteiger charge is 2.19. The zero-order valence-electron chi connectivity index (χ0n) is 13.7. The van der Waals surface area contributed by atoms with Gasteiger partial charge in [0.15, 0.2) is 0 Å². The Balaban J connectivity index is 1.80. The molecule has 1 aromatic rings. The van der Waals surface area contributed by atoms with E-state index in [2.05, 4.69) is 5.32 Å². The van der Waals surface area contributed by atoms with E-state index in [4.69, 9.17) is 11.6 Å². The first-order valence-corrected chi connectivity index (χ1v) is 8.40.